The Morgan fingerprint density at radius 2 is 1.96 bits per heavy atom. The molecule has 0 radical (unpaired) electrons. The Morgan fingerprint density at radius 1 is 1.22 bits per heavy atom. The predicted octanol–water partition coefficient (Wildman–Crippen LogP) is 4.59. The zero-order valence-corrected chi connectivity index (χ0v) is 16.3. The molecule has 0 aliphatic carbocycles. The summed E-state index contributed by atoms with van der Waals surface area (Å²) in [5.41, 5.74) is 6.31. The van der Waals surface area contributed by atoms with Gasteiger partial charge in [0.2, 0.25) is 0 Å². The Morgan fingerprint density at radius 3 is 2.63 bits per heavy atom. The third kappa shape index (κ3) is 3.45. The second-order valence-electron chi connectivity index (χ2n) is 6.67. The number of esters is 1. The zero-order chi connectivity index (χ0) is 19.7. The largest absolute Gasteiger partial charge is 0.505 e. The smallest absolute Gasteiger partial charge is 0.343 e. The molecule has 0 bridgehead atoms. The number of nitrogens with zero attached hydrogens (tertiary/aromatic N) is 2. The van der Waals surface area contributed by atoms with Gasteiger partial charge in [-0.3, -0.25) is 0 Å². The summed E-state index contributed by atoms with van der Waals surface area (Å²) in [6.45, 7) is 9.81. The van der Waals surface area contributed by atoms with Crippen LogP contribution in [0.5, 0.6) is 0 Å². The first-order valence-corrected chi connectivity index (χ1v) is 8.97. The first kappa shape index (κ1) is 18.7. The number of aliphatic hydroxyl groups excluding tert-OH is 1. The van der Waals surface area contributed by atoms with Crippen molar-refractivity contribution in [1.29, 1.82) is 0 Å². The van der Waals surface area contributed by atoms with Gasteiger partial charge in [0.05, 0.1) is 12.3 Å². The highest BCUT2D eigenvalue weighted by atomic mass is 16.5. The quantitative estimate of drug-likeness (QED) is 0.807. The van der Waals surface area contributed by atoms with E-state index < -0.39 is 5.97 Å². The van der Waals surface area contributed by atoms with Crippen molar-refractivity contribution >= 4 is 17.8 Å². The van der Waals surface area contributed by atoms with Crippen molar-refractivity contribution in [3.63, 3.8) is 0 Å². The van der Waals surface area contributed by atoms with Crippen LogP contribution in [0.25, 0.3) is 11.8 Å². The summed E-state index contributed by atoms with van der Waals surface area (Å²) < 4.78 is 7.18. The molecule has 1 N–H and O–H groups in total. The van der Waals surface area contributed by atoms with E-state index >= 15 is 0 Å². The minimum Gasteiger partial charge on any atom is -0.505 e. The molecule has 1 aromatic heterocycles. The van der Waals surface area contributed by atoms with E-state index in [0.29, 0.717) is 11.4 Å². The second kappa shape index (κ2) is 7.27. The van der Waals surface area contributed by atoms with Gasteiger partial charge in [-0.2, -0.15) is 0 Å². The lowest BCUT2D eigenvalue weighted by molar-refractivity contribution is -0.138. The fourth-order valence-electron chi connectivity index (χ4n) is 3.38. The normalized spacial score (nSPS) is 15.4. The number of aromatic nitrogens is 1. The van der Waals surface area contributed by atoms with Gasteiger partial charge in [0, 0.05) is 17.1 Å². The molecule has 1 aliphatic rings. The van der Waals surface area contributed by atoms with Crippen LogP contribution in [0, 0.1) is 20.8 Å². The Kier molecular flexibility index (Phi) is 5.04. The first-order chi connectivity index (χ1) is 12.8. The third-order valence-corrected chi connectivity index (χ3v) is 4.63. The highest BCUT2D eigenvalue weighted by molar-refractivity contribution is 6.22. The van der Waals surface area contributed by atoms with Gasteiger partial charge >= 0.3 is 5.97 Å². The summed E-state index contributed by atoms with van der Waals surface area (Å²) in [5, 5.41) is 10.5. The summed E-state index contributed by atoms with van der Waals surface area (Å²) >= 11 is 0. The maximum absolute atomic E-state index is 12.1. The molecule has 5 nitrogen and oxygen atoms in total. The van der Waals surface area contributed by atoms with E-state index in [1.807, 2.05) is 26.0 Å². The van der Waals surface area contributed by atoms with Gasteiger partial charge in [0.25, 0.3) is 0 Å². The van der Waals surface area contributed by atoms with Gasteiger partial charge in [-0.05, 0) is 70.0 Å². The standard InChI is InChI=1S/C22H24N2O3/c1-6-27-22(26)20-15(4)23-19(21(20)25)12-17-11-14(3)24(16(17)5)18-9-7-8-13(2)10-18/h7-12,25H,6H2,1-5H3. The van der Waals surface area contributed by atoms with Crippen molar-refractivity contribution in [1.82, 2.24) is 4.57 Å². The average Bonchev–Trinajstić information content (AvgIpc) is 3.03. The molecule has 0 fully saturated rings. The van der Waals surface area contributed by atoms with Crippen LogP contribution in [0.1, 0.15) is 36.4 Å². The number of rotatable bonds is 4. The molecule has 0 saturated heterocycles. The molecule has 0 atom stereocenters. The monoisotopic (exact) mass is 364 g/mol. The van der Waals surface area contributed by atoms with Crippen molar-refractivity contribution in [2.45, 2.75) is 34.6 Å². The fourth-order valence-corrected chi connectivity index (χ4v) is 3.38. The van der Waals surface area contributed by atoms with E-state index in [1.165, 1.54) is 5.56 Å². The average molecular weight is 364 g/mol. The van der Waals surface area contributed by atoms with E-state index in [2.05, 4.69) is 34.7 Å². The Labute approximate surface area is 159 Å². The SMILES string of the molecule is CCOC(=O)C1=C(O)C(=Cc2cc(C)n(-c3cccc(C)c3)c2C)N=C1C. The lowest BCUT2D eigenvalue weighted by Crippen LogP contribution is -2.13. The lowest BCUT2D eigenvalue weighted by Gasteiger charge is -2.10. The second-order valence-corrected chi connectivity index (χ2v) is 6.67. The predicted molar refractivity (Wildman–Crippen MR) is 107 cm³/mol. The molecular formula is C22H24N2O3. The summed E-state index contributed by atoms with van der Waals surface area (Å²) in [6.07, 6.45) is 1.81. The molecule has 0 unspecified atom stereocenters. The van der Waals surface area contributed by atoms with Gasteiger partial charge in [-0.1, -0.05) is 12.1 Å². The molecule has 5 heteroatoms. The van der Waals surface area contributed by atoms with E-state index in [0.717, 1.165) is 22.6 Å². The number of hydrogen-bond donors (Lipinski definition) is 1. The van der Waals surface area contributed by atoms with Gasteiger partial charge < -0.3 is 14.4 Å². The van der Waals surface area contributed by atoms with E-state index in [1.54, 1.807) is 19.9 Å². The van der Waals surface area contributed by atoms with Gasteiger partial charge in [0.15, 0.2) is 5.76 Å². The molecule has 0 amide bonds. The van der Waals surface area contributed by atoms with E-state index in [4.69, 9.17) is 4.74 Å². The number of ether oxygens (including phenoxy) is 1. The Hall–Kier alpha value is -3.08. The van der Waals surface area contributed by atoms with Crippen LogP contribution in [-0.4, -0.2) is 28.0 Å². The molecule has 1 aliphatic heterocycles. The fraction of sp³-hybridized carbons (Fsp3) is 0.273. The van der Waals surface area contributed by atoms with Crippen molar-refractivity contribution < 1.29 is 14.6 Å². The van der Waals surface area contributed by atoms with E-state index in [-0.39, 0.29) is 17.9 Å². The number of aliphatic hydroxyl groups is 1. The molecule has 27 heavy (non-hydrogen) atoms. The number of benzene rings is 1. The van der Waals surface area contributed by atoms with Crippen molar-refractivity contribution in [2.75, 3.05) is 6.61 Å². The topological polar surface area (TPSA) is 63.8 Å². The van der Waals surface area contributed by atoms with Crippen LogP contribution >= 0.6 is 0 Å². The van der Waals surface area contributed by atoms with Crippen LogP contribution in [0.15, 0.2) is 52.4 Å². The minimum atomic E-state index is -0.551. The van der Waals surface area contributed by atoms with Gasteiger partial charge in [-0.15, -0.1) is 0 Å². The zero-order valence-electron chi connectivity index (χ0n) is 16.3. The maximum Gasteiger partial charge on any atom is 0.343 e. The summed E-state index contributed by atoms with van der Waals surface area (Å²) in [7, 11) is 0. The summed E-state index contributed by atoms with van der Waals surface area (Å²) in [4.78, 5) is 16.4. The Bertz CT molecular complexity index is 1010. The lowest BCUT2D eigenvalue weighted by atomic mass is 10.1. The first-order valence-electron chi connectivity index (χ1n) is 8.97. The number of aryl methyl sites for hydroxylation is 2. The minimum absolute atomic E-state index is 0.133. The van der Waals surface area contributed by atoms with Gasteiger partial charge in [0.1, 0.15) is 11.3 Å². The van der Waals surface area contributed by atoms with Crippen molar-refractivity contribution in [3.05, 3.63) is 69.9 Å². The molecule has 3 rings (SSSR count). The van der Waals surface area contributed by atoms with Crippen molar-refractivity contribution in [2.24, 2.45) is 4.99 Å². The van der Waals surface area contributed by atoms with Crippen LogP contribution in [0.4, 0.5) is 0 Å². The van der Waals surface area contributed by atoms with Crippen LogP contribution in [0.3, 0.4) is 0 Å². The van der Waals surface area contributed by atoms with Crippen molar-refractivity contribution in [3.8, 4) is 5.69 Å². The molecule has 0 saturated carbocycles. The number of carbonyl (C=O) groups is 1. The number of hydrogen-bond acceptors (Lipinski definition) is 4. The van der Waals surface area contributed by atoms with Crippen LogP contribution in [0.2, 0.25) is 0 Å². The summed E-state index contributed by atoms with van der Waals surface area (Å²) in [6, 6.07) is 10.3. The molecule has 140 valence electrons. The highest BCUT2D eigenvalue weighted by Gasteiger charge is 2.27. The van der Waals surface area contributed by atoms with E-state index in [9.17, 15) is 9.90 Å². The van der Waals surface area contributed by atoms with Gasteiger partial charge in [-0.25, -0.2) is 9.79 Å². The molecule has 0 spiro atoms. The maximum atomic E-state index is 12.1. The Balaban J connectivity index is 2.04. The third-order valence-electron chi connectivity index (χ3n) is 4.63. The highest BCUT2D eigenvalue weighted by Crippen LogP contribution is 2.29. The summed E-state index contributed by atoms with van der Waals surface area (Å²) in [5.74, 6) is -0.684. The molecule has 2 aromatic rings. The number of carbonyl (C=O) groups excluding carboxylic acids is 1. The molecule has 1 aromatic carbocycles. The molecular weight excluding hydrogens is 340 g/mol. The van der Waals surface area contributed by atoms with Crippen LogP contribution in [-0.2, 0) is 9.53 Å². The van der Waals surface area contributed by atoms with Crippen LogP contribution < -0.4 is 0 Å². The molecule has 2 heterocycles. The number of aliphatic imine (C=N–C) groups is 1.